The summed E-state index contributed by atoms with van der Waals surface area (Å²) in [4.78, 5) is 0. The highest BCUT2D eigenvalue weighted by atomic mass is 15.3. The smallest absolute Gasteiger partial charge is 0.136 e. The van der Waals surface area contributed by atoms with Crippen molar-refractivity contribution < 1.29 is 0 Å². The lowest BCUT2D eigenvalue weighted by Crippen LogP contribution is -2.08. The second kappa shape index (κ2) is 2.32. The fraction of sp³-hybridized carbons (Fsp3) is 0.0909. The van der Waals surface area contributed by atoms with E-state index in [1.165, 1.54) is 10.9 Å². The summed E-state index contributed by atoms with van der Waals surface area (Å²) in [6.07, 6.45) is 2.05. The Bertz CT molecular complexity index is 616. The van der Waals surface area contributed by atoms with Crippen molar-refractivity contribution in [1.82, 2.24) is 9.08 Å². The number of benzene rings is 1. The van der Waals surface area contributed by atoms with E-state index in [9.17, 15) is 0 Å². The third-order valence-corrected chi connectivity index (χ3v) is 2.67. The summed E-state index contributed by atoms with van der Waals surface area (Å²) < 4.78 is 3.82. The molecule has 3 nitrogen and oxygen atoms in total. The molecule has 0 unspecified atom stereocenters. The van der Waals surface area contributed by atoms with Crippen LogP contribution in [0.5, 0.6) is 0 Å². The molecule has 0 aliphatic rings. The summed E-state index contributed by atoms with van der Waals surface area (Å²) in [5.74, 6) is 5.90. The van der Waals surface area contributed by atoms with Gasteiger partial charge in [0.05, 0.1) is 11.2 Å². The predicted molar refractivity (Wildman–Crippen MR) is 57.8 cm³/mol. The molecule has 0 saturated carbocycles. The highest BCUT2D eigenvalue weighted by Crippen LogP contribution is 2.20. The number of para-hydroxylation sites is 1. The lowest BCUT2D eigenvalue weighted by atomic mass is 10.2. The highest BCUT2D eigenvalue weighted by molar-refractivity contribution is 5.86. The lowest BCUT2D eigenvalue weighted by molar-refractivity contribution is 0.997. The Morgan fingerprint density at radius 1 is 1.21 bits per heavy atom. The van der Waals surface area contributed by atoms with E-state index in [0.717, 1.165) is 11.3 Å². The number of hydrogen-bond acceptors (Lipinski definition) is 1. The van der Waals surface area contributed by atoms with E-state index in [1.807, 2.05) is 19.1 Å². The van der Waals surface area contributed by atoms with Gasteiger partial charge in [-0.1, -0.05) is 18.2 Å². The van der Waals surface area contributed by atoms with Crippen LogP contribution in [0, 0.1) is 6.92 Å². The fourth-order valence-electron chi connectivity index (χ4n) is 1.91. The molecule has 0 atom stereocenters. The average Bonchev–Trinajstić information content (AvgIpc) is 2.67. The van der Waals surface area contributed by atoms with Crippen LogP contribution in [0.3, 0.4) is 0 Å². The molecule has 0 aliphatic heterocycles. The molecule has 0 fully saturated rings. The molecule has 1 aromatic carbocycles. The van der Waals surface area contributed by atoms with Crippen LogP contribution in [0.25, 0.3) is 16.6 Å². The van der Waals surface area contributed by atoms with Crippen LogP contribution < -0.4 is 5.84 Å². The van der Waals surface area contributed by atoms with Crippen LogP contribution in [0.2, 0.25) is 0 Å². The molecule has 2 heterocycles. The van der Waals surface area contributed by atoms with Crippen molar-refractivity contribution in [1.29, 1.82) is 0 Å². The van der Waals surface area contributed by atoms with Crippen LogP contribution >= 0.6 is 0 Å². The van der Waals surface area contributed by atoms with Crippen LogP contribution in [0.1, 0.15) is 5.69 Å². The van der Waals surface area contributed by atoms with Crippen LogP contribution in [-0.2, 0) is 0 Å². The van der Waals surface area contributed by atoms with E-state index in [4.69, 9.17) is 5.84 Å². The predicted octanol–water partition coefficient (Wildman–Crippen LogP) is 1.92. The van der Waals surface area contributed by atoms with Gasteiger partial charge in [0, 0.05) is 11.6 Å². The third kappa shape index (κ3) is 0.763. The zero-order chi connectivity index (χ0) is 9.71. The Morgan fingerprint density at radius 3 is 2.86 bits per heavy atom. The Labute approximate surface area is 81.3 Å². The van der Waals surface area contributed by atoms with Crippen molar-refractivity contribution in [2.75, 3.05) is 5.84 Å². The minimum absolute atomic E-state index is 1.03. The molecule has 2 aromatic heterocycles. The van der Waals surface area contributed by atoms with Gasteiger partial charge in [-0.25, -0.2) is 4.68 Å². The van der Waals surface area contributed by atoms with Crippen molar-refractivity contribution in [3.05, 3.63) is 42.2 Å². The maximum Gasteiger partial charge on any atom is 0.136 e. The van der Waals surface area contributed by atoms with E-state index in [1.54, 1.807) is 4.68 Å². The summed E-state index contributed by atoms with van der Waals surface area (Å²) in [5.41, 5.74) is 3.30. The fourth-order valence-corrected chi connectivity index (χ4v) is 1.91. The SMILES string of the molecule is Cc1cn2c3ccccc3cc2n1N. The zero-order valence-electron chi connectivity index (χ0n) is 7.94. The molecule has 0 radical (unpaired) electrons. The van der Waals surface area contributed by atoms with Gasteiger partial charge in [-0.15, -0.1) is 0 Å². The summed E-state index contributed by atoms with van der Waals surface area (Å²) in [5, 5.41) is 1.22. The number of rotatable bonds is 0. The number of aryl methyl sites for hydroxylation is 1. The van der Waals surface area contributed by atoms with E-state index in [0.29, 0.717) is 0 Å². The topological polar surface area (TPSA) is 35.4 Å². The molecular weight excluding hydrogens is 174 g/mol. The van der Waals surface area contributed by atoms with Gasteiger partial charge < -0.3 is 5.84 Å². The molecule has 0 spiro atoms. The van der Waals surface area contributed by atoms with E-state index >= 15 is 0 Å². The molecule has 0 amide bonds. The van der Waals surface area contributed by atoms with Gasteiger partial charge in [-0.2, -0.15) is 0 Å². The van der Waals surface area contributed by atoms with Crippen molar-refractivity contribution in [3.8, 4) is 0 Å². The molecule has 0 saturated heterocycles. The molecule has 3 heteroatoms. The summed E-state index contributed by atoms with van der Waals surface area (Å²) in [7, 11) is 0. The number of imidazole rings is 1. The molecule has 3 aromatic rings. The van der Waals surface area contributed by atoms with Crippen molar-refractivity contribution >= 4 is 16.6 Å². The van der Waals surface area contributed by atoms with E-state index < -0.39 is 0 Å². The average molecular weight is 185 g/mol. The van der Waals surface area contributed by atoms with Gasteiger partial charge >= 0.3 is 0 Å². The van der Waals surface area contributed by atoms with Crippen LogP contribution in [0.15, 0.2) is 36.5 Å². The van der Waals surface area contributed by atoms with Crippen molar-refractivity contribution in [2.24, 2.45) is 0 Å². The Hall–Kier alpha value is -1.90. The van der Waals surface area contributed by atoms with Gasteiger partial charge in [0.25, 0.3) is 0 Å². The van der Waals surface area contributed by atoms with Crippen LogP contribution in [-0.4, -0.2) is 9.08 Å². The highest BCUT2D eigenvalue weighted by Gasteiger charge is 2.06. The Balaban J connectivity index is 2.60. The number of nitrogens with two attached hydrogens (primary N) is 1. The largest absolute Gasteiger partial charge is 0.338 e. The first-order chi connectivity index (χ1) is 6.77. The minimum atomic E-state index is 1.03. The number of nitrogen functional groups attached to an aromatic ring is 1. The molecule has 2 N–H and O–H groups in total. The minimum Gasteiger partial charge on any atom is -0.338 e. The quantitative estimate of drug-likeness (QED) is 0.533. The third-order valence-electron chi connectivity index (χ3n) is 2.67. The zero-order valence-corrected chi connectivity index (χ0v) is 7.94. The molecule has 0 bridgehead atoms. The molecule has 3 rings (SSSR count). The monoisotopic (exact) mass is 185 g/mol. The molecule has 0 aliphatic carbocycles. The Morgan fingerprint density at radius 2 is 2.00 bits per heavy atom. The normalized spacial score (nSPS) is 11.5. The maximum atomic E-state index is 5.90. The van der Waals surface area contributed by atoms with E-state index in [-0.39, 0.29) is 0 Å². The standard InChI is InChI=1S/C11H11N3/c1-8-7-13-10-5-3-2-4-9(10)6-11(13)14(8)12/h2-7H,12H2,1H3. The van der Waals surface area contributed by atoms with Gasteiger partial charge in [0.1, 0.15) is 5.65 Å². The molecule has 70 valence electrons. The maximum absolute atomic E-state index is 5.90. The first kappa shape index (κ1) is 7.50. The summed E-state index contributed by atoms with van der Waals surface area (Å²) >= 11 is 0. The summed E-state index contributed by atoms with van der Waals surface area (Å²) in [6.45, 7) is 2.00. The van der Waals surface area contributed by atoms with Gasteiger partial charge in [-0.3, -0.25) is 4.40 Å². The van der Waals surface area contributed by atoms with Crippen molar-refractivity contribution in [3.63, 3.8) is 0 Å². The second-order valence-electron chi connectivity index (χ2n) is 3.57. The summed E-state index contributed by atoms with van der Waals surface area (Å²) in [6, 6.07) is 10.4. The molecule has 14 heavy (non-hydrogen) atoms. The number of nitrogens with zero attached hydrogens (tertiary/aromatic N) is 2. The number of hydrogen-bond donors (Lipinski definition) is 1. The van der Waals surface area contributed by atoms with E-state index in [2.05, 4.69) is 28.8 Å². The molecular formula is C11H11N3. The Kier molecular flexibility index (Phi) is 1.24. The first-order valence-corrected chi connectivity index (χ1v) is 4.60. The van der Waals surface area contributed by atoms with Gasteiger partial charge in [0.15, 0.2) is 0 Å². The number of fused-ring (bicyclic) bond motifs is 3. The lowest BCUT2D eigenvalue weighted by Gasteiger charge is -1.93. The van der Waals surface area contributed by atoms with Crippen molar-refractivity contribution in [2.45, 2.75) is 6.92 Å². The van der Waals surface area contributed by atoms with Gasteiger partial charge in [-0.05, 0) is 19.1 Å². The van der Waals surface area contributed by atoms with Gasteiger partial charge in [0.2, 0.25) is 0 Å². The second-order valence-corrected chi connectivity index (χ2v) is 3.57. The first-order valence-electron chi connectivity index (χ1n) is 4.60. The van der Waals surface area contributed by atoms with Crippen LogP contribution in [0.4, 0.5) is 0 Å². The number of aromatic nitrogens is 2.